The maximum absolute atomic E-state index is 12.8. The maximum atomic E-state index is 12.8. The first kappa shape index (κ1) is 16.5. The van der Waals surface area contributed by atoms with Crippen LogP contribution in [0.3, 0.4) is 0 Å². The Labute approximate surface area is 143 Å². The number of benzene rings is 1. The molecule has 5 nitrogen and oxygen atoms in total. The number of aromatic carboxylic acids is 1. The molecule has 8 heteroatoms. The fraction of sp³-hybridized carbons (Fsp3) is 0.267. The highest BCUT2D eigenvalue weighted by molar-refractivity contribution is 7.99. The summed E-state index contributed by atoms with van der Waals surface area (Å²) in [5.41, 5.74) is 1.42. The zero-order chi connectivity index (χ0) is 16.4. The number of thiophene rings is 1. The fourth-order valence-corrected chi connectivity index (χ4v) is 5.72. The molecule has 3 rings (SSSR count). The Balaban J connectivity index is 2.09. The van der Waals surface area contributed by atoms with Gasteiger partial charge >= 0.3 is 5.97 Å². The van der Waals surface area contributed by atoms with Gasteiger partial charge in [-0.1, -0.05) is 0 Å². The van der Waals surface area contributed by atoms with Crippen molar-refractivity contribution in [3.8, 4) is 11.1 Å². The van der Waals surface area contributed by atoms with Gasteiger partial charge in [0.15, 0.2) is 0 Å². The number of nitrogens with zero attached hydrogens (tertiary/aromatic N) is 1. The van der Waals surface area contributed by atoms with Crippen molar-refractivity contribution in [1.29, 1.82) is 0 Å². The van der Waals surface area contributed by atoms with Crippen LogP contribution in [0, 0.1) is 0 Å². The number of carbonyl (C=O) groups is 1. The van der Waals surface area contributed by atoms with Gasteiger partial charge in [-0.2, -0.15) is 27.4 Å². The van der Waals surface area contributed by atoms with Gasteiger partial charge in [0.1, 0.15) is 0 Å². The summed E-state index contributed by atoms with van der Waals surface area (Å²) in [5, 5.41) is 13.0. The van der Waals surface area contributed by atoms with Crippen molar-refractivity contribution in [3.63, 3.8) is 0 Å². The highest BCUT2D eigenvalue weighted by atomic mass is 32.2. The standard InChI is InChI=1S/C15H15NO4S3/c17-15(18)13-7-12(11-1-4-22-10-11)8-14(9-13)23(19,20)16-2-5-21-6-3-16/h1,4,7-10H,2-3,5-6H2,(H,17,18). The van der Waals surface area contributed by atoms with Crippen molar-refractivity contribution >= 4 is 39.1 Å². The molecule has 1 N–H and O–H groups in total. The number of thioether (sulfide) groups is 1. The molecular weight excluding hydrogens is 354 g/mol. The molecule has 0 saturated carbocycles. The summed E-state index contributed by atoms with van der Waals surface area (Å²) in [6, 6.07) is 6.16. The van der Waals surface area contributed by atoms with Crippen LogP contribution in [0.1, 0.15) is 10.4 Å². The molecule has 0 aliphatic carbocycles. The van der Waals surface area contributed by atoms with Crippen LogP contribution in [0.25, 0.3) is 11.1 Å². The highest BCUT2D eigenvalue weighted by Crippen LogP contribution is 2.29. The Hall–Kier alpha value is -1.35. The molecule has 122 valence electrons. The van der Waals surface area contributed by atoms with E-state index >= 15 is 0 Å². The minimum atomic E-state index is -3.67. The van der Waals surface area contributed by atoms with Crippen LogP contribution in [-0.2, 0) is 10.0 Å². The van der Waals surface area contributed by atoms with E-state index in [9.17, 15) is 18.3 Å². The molecule has 1 saturated heterocycles. The number of hydrogen-bond donors (Lipinski definition) is 1. The Kier molecular flexibility index (Phi) is 4.77. The summed E-state index contributed by atoms with van der Waals surface area (Å²) >= 11 is 3.20. The molecule has 2 heterocycles. The van der Waals surface area contributed by atoms with Crippen molar-refractivity contribution in [2.45, 2.75) is 4.90 Å². The second-order valence-corrected chi connectivity index (χ2v) is 9.02. The van der Waals surface area contributed by atoms with Crippen LogP contribution in [-0.4, -0.2) is 48.4 Å². The molecule has 1 fully saturated rings. The maximum Gasteiger partial charge on any atom is 0.335 e. The first-order valence-corrected chi connectivity index (χ1v) is 10.5. The van der Waals surface area contributed by atoms with Gasteiger partial charge in [0.05, 0.1) is 10.5 Å². The average Bonchev–Trinajstić information content (AvgIpc) is 3.09. The van der Waals surface area contributed by atoms with Gasteiger partial charge in [0, 0.05) is 24.6 Å². The third-order valence-electron chi connectivity index (χ3n) is 3.62. The predicted octanol–water partition coefficient (Wildman–Crippen LogP) is 2.85. The third kappa shape index (κ3) is 3.45. The zero-order valence-electron chi connectivity index (χ0n) is 12.1. The van der Waals surface area contributed by atoms with Crippen molar-refractivity contribution in [3.05, 3.63) is 40.6 Å². The molecular formula is C15H15NO4S3. The molecule has 1 aliphatic rings. The van der Waals surface area contributed by atoms with E-state index in [0.29, 0.717) is 18.7 Å². The number of hydrogen-bond acceptors (Lipinski definition) is 5. The summed E-state index contributed by atoms with van der Waals surface area (Å²) in [6.07, 6.45) is 0. The van der Waals surface area contributed by atoms with Gasteiger partial charge in [-0.25, -0.2) is 13.2 Å². The molecule has 1 aromatic carbocycles. The van der Waals surface area contributed by atoms with Crippen LogP contribution < -0.4 is 0 Å². The predicted molar refractivity (Wildman–Crippen MR) is 92.8 cm³/mol. The van der Waals surface area contributed by atoms with Crippen LogP contribution in [0.5, 0.6) is 0 Å². The van der Waals surface area contributed by atoms with Gasteiger partial charge in [-0.15, -0.1) is 0 Å². The van der Waals surface area contributed by atoms with Crippen LogP contribution in [0.4, 0.5) is 0 Å². The van der Waals surface area contributed by atoms with Gasteiger partial charge in [-0.05, 0) is 46.2 Å². The Morgan fingerprint density at radius 3 is 2.48 bits per heavy atom. The van der Waals surface area contributed by atoms with E-state index in [1.54, 1.807) is 17.8 Å². The van der Waals surface area contributed by atoms with Gasteiger partial charge in [0.2, 0.25) is 10.0 Å². The van der Waals surface area contributed by atoms with Crippen molar-refractivity contribution in [2.75, 3.05) is 24.6 Å². The second kappa shape index (κ2) is 6.64. The fourth-order valence-electron chi connectivity index (χ4n) is 2.40. The molecule has 1 aliphatic heterocycles. The molecule has 0 spiro atoms. The van der Waals surface area contributed by atoms with Crippen LogP contribution in [0.15, 0.2) is 39.9 Å². The van der Waals surface area contributed by atoms with E-state index in [1.165, 1.54) is 27.8 Å². The van der Waals surface area contributed by atoms with Crippen LogP contribution >= 0.6 is 23.1 Å². The molecule has 2 aromatic rings. The Morgan fingerprint density at radius 1 is 1.13 bits per heavy atom. The lowest BCUT2D eigenvalue weighted by molar-refractivity contribution is 0.0696. The normalized spacial score (nSPS) is 16.3. The lowest BCUT2D eigenvalue weighted by Gasteiger charge is -2.26. The first-order valence-electron chi connectivity index (χ1n) is 6.97. The van der Waals surface area contributed by atoms with E-state index < -0.39 is 16.0 Å². The molecule has 0 atom stereocenters. The molecule has 0 radical (unpaired) electrons. The van der Waals surface area contributed by atoms with E-state index in [2.05, 4.69) is 0 Å². The quantitative estimate of drug-likeness (QED) is 0.897. The highest BCUT2D eigenvalue weighted by Gasteiger charge is 2.27. The number of rotatable bonds is 4. The van der Waals surface area contributed by atoms with E-state index in [1.807, 2.05) is 16.8 Å². The molecule has 0 unspecified atom stereocenters. The summed E-state index contributed by atoms with van der Waals surface area (Å²) in [7, 11) is -3.67. The monoisotopic (exact) mass is 369 g/mol. The average molecular weight is 369 g/mol. The largest absolute Gasteiger partial charge is 0.478 e. The summed E-state index contributed by atoms with van der Waals surface area (Å²) in [4.78, 5) is 11.4. The minimum Gasteiger partial charge on any atom is -0.478 e. The summed E-state index contributed by atoms with van der Waals surface area (Å²) in [6.45, 7) is 0.913. The second-order valence-electron chi connectivity index (χ2n) is 5.08. The third-order valence-corrected chi connectivity index (χ3v) is 7.12. The van der Waals surface area contributed by atoms with E-state index in [0.717, 1.165) is 17.1 Å². The van der Waals surface area contributed by atoms with Crippen LogP contribution in [0.2, 0.25) is 0 Å². The first-order chi connectivity index (χ1) is 11.0. The minimum absolute atomic E-state index is 0.0151. The number of carboxylic acids is 1. The topological polar surface area (TPSA) is 74.7 Å². The zero-order valence-corrected chi connectivity index (χ0v) is 14.6. The summed E-state index contributed by atoms with van der Waals surface area (Å²) in [5.74, 6) is 0.387. The van der Waals surface area contributed by atoms with Crippen molar-refractivity contribution < 1.29 is 18.3 Å². The molecule has 0 amide bonds. The SMILES string of the molecule is O=C(O)c1cc(-c2ccsc2)cc(S(=O)(=O)N2CCSCC2)c1. The number of sulfonamides is 1. The van der Waals surface area contributed by atoms with E-state index in [-0.39, 0.29) is 10.5 Å². The van der Waals surface area contributed by atoms with Gasteiger partial charge in [0.25, 0.3) is 0 Å². The Bertz CT molecular complexity index is 809. The molecule has 0 bridgehead atoms. The molecule has 23 heavy (non-hydrogen) atoms. The van der Waals surface area contributed by atoms with Gasteiger partial charge < -0.3 is 5.11 Å². The molecule has 1 aromatic heterocycles. The van der Waals surface area contributed by atoms with Crippen molar-refractivity contribution in [1.82, 2.24) is 4.31 Å². The van der Waals surface area contributed by atoms with Crippen molar-refractivity contribution in [2.24, 2.45) is 0 Å². The lowest BCUT2D eigenvalue weighted by atomic mass is 10.1. The smallest absolute Gasteiger partial charge is 0.335 e. The lowest BCUT2D eigenvalue weighted by Crippen LogP contribution is -2.37. The summed E-state index contributed by atoms with van der Waals surface area (Å²) < 4.78 is 27.1. The van der Waals surface area contributed by atoms with E-state index in [4.69, 9.17) is 0 Å². The Morgan fingerprint density at radius 2 is 1.87 bits per heavy atom. The van der Waals surface area contributed by atoms with Gasteiger partial charge in [-0.3, -0.25) is 0 Å². The number of carboxylic acid groups (broad SMARTS) is 1.